The van der Waals surface area contributed by atoms with E-state index in [1.54, 1.807) is 11.3 Å². The van der Waals surface area contributed by atoms with Crippen LogP contribution < -0.4 is 10.6 Å². The van der Waals surface area contributed by atoms with Crippen molar-refractivity contribution in [3.05, 3.63) is 21.4 Å². The maximum atomic E-state index is 12.4. The molecule has 0 radical (unpaired) electrons. The normalized spacial score (nSPS) is 23.5. The highest BCUT2D eigenvalue weighted by molar-refractivity contribution is 7.14. The van der Waals surface area contributed by atoms with Crippen molar-refractivity contribution in [3.63, 3.8) is 0 Å². The van der Waals surface area contributed by atoms with Gasteiger partial charge in [-0.15, -0.1) is 11.3 Å². The maximum Gasteiger partial charge on any atom is 0.261 e. The molecule has 1 unspecified atom stereocenters. The van der Waals surface area contributed by atoms with E-state index in [2.05, 4.69) is 16.7 Å². The summed E-state index contributed by atoms with van der Waals surface area (Å²) in [7, 11) is 0. The molecule has 3 nitrogen and oxygen atoms in total. The van der Waals surface area contributed by atoms with Gasteiger partial charge in [0.2, 0.25) is 0 Å². The molecule has 1 amide bonds. The van der Waals surface area contributed by atoms with Crippen molar-refractivity contribution in [1.82, 2.24) is 10.6 Å². The van der Waals surface area contributed by atoms with E-state index >= 15 is 0 Å². The molecular weight excluding hydrogens is 268 g/mol. The van der Waals surface area contributed by atoms with E-state index in [0.717, 1.165) is 43.6 Å². The Labute approximate surface area is 125 Å². The minimum atomic E-state index is 0.148. The number of aryl methyl sites for hydroxylation is 2. The molecule has 1 atom stereocenters. The number of amides is 1. The molecule has 4 heteroatoms. The summed E-state index contributed by atoms with van der Waals surface area (Å²) in [5.74, 6) is 0.148. The third-order valence-corrected chi connectivity index (χ3v) is 5.62. The number of carbonyl (C=O) groups is 1. The van der Waals surface area contributed by atoms with Gasteiger partial charge >= 0.3 is 0 Å². The molecule has 1 fully saturated rings. The van der Waals surface area contributed by atoms with Crippen molar-refractivity contribution in [2.24, 2.45) is 0 Å². The van der Waals surface area contributed by atoms with Gasteiger partial charge in [0.1, 0.15) is 0 Å². The fraction of sp³-hybridized carbons (Fsp3) is 0.688. The lowest BCUT2D eigenvalue weighted by molar-refractivity contribution is 0.0938. The number of fused-ring (bicyclic) bond motifs is 1. The first-order valence-electron chi connectivity index (χ1n) is 7.96. The monoisotopic (exact) mass is 292 g/mol. The molecule has 1 aromatic rings. The molecule has 110 valence electrons. The van der Waals surface area contributed by atoms with Gasteiger partial charge in [0.15, 0.2) is 0 Å². The van der Waals surface area contributed by atoms with Gasteiger partial charge in [-0.2, -0.15) is 0 Å². The largest absolute Gasteiger partial charge is 0.349 e. The lowest BCUT2D eigenvalue weighted by Gasteiger charge is -2.15. The van der Waals surface area contributed by atoms with Crippen LogP contribution in [-0.2, 0) is 12.8 Å². The Morgan fingerprint density at radius 3 is 3.00 bits per heavy atom. The number of nitrogens with one attached hydrogen (secondary N) is 2. The molecule has 0 bridgehead atoms. The highest BCUT2D eigenvalue weighted by atomic mass is 32.1. The zero-order chi connectivity index (χ0) is 13.8. The molecule has 0 saturated carbocycles. The highest BCUT2D eigenvalue weighted by Gasteiger charge is 2.19. The summed E-state index contributed by atoms with van der Waals surface area (Å²) in [6.07, 6.45) is 9.53. The predicted octanol–water partition coefficient (Wildman–Crippen LogP) is 2.89. The van der Waals surface area contributed by atoms with Gasteiger partial charge in [0, 0.05) is 10.9 Å². The fourth-order valence-electron chi connectivity index (χ4n) is 3.20. The molecule has 1 aromatic heterocycles. The van der Waals surface area contributed by atoms with Crippen molar-refractivity contribution in [2.75, 3.05) is 13.1 Å². The van der Waals surface area contributed by atoms with Crippen LogP contribution >= 0.6 is 11.3 Å². The van der Waals surface area contributed by atoms with E-state index in [0.29, 0.717) is 6.04 Å². The van der Waals surface area contributed by atoms with Gasteiger partial charge in [-0.3, -0.25) is 4.79 Å². The molecule has 1 saturated heterocycles. The molecular formula is C16H24N2OS. The van der Waals surface area contributed by atoms with Crippen LogP contribution in [0.2, 0.25) is 0 Å². The van der Waals surface area contributed by atoms with E-state index in [1.165, 1.54) is 36.1 Å². The Balaban J connectivity index is 1.64. The van der Waals surface area contributed by atoms with E-state index in [-0.39, 0.29) is 5.91 Å². The summed E-state index contributed by atoms with van der Waals surface area (Å²) in [5.41, 5.74) is 1.43. The Morgan fingerprint density at radius 1 is 1.15 bits per heavy atom. The molecule has 0 spiro atoms. The number of rotatable bonds is 2. The minimum Gasteiger partial charge on any atom is -0.349 e. The smallest absolute Gasteiger partial charge is 0.261 e. The highest BCUT2D eigenvalue weighted by Crippen LogP contribution is 2.29. The SMILES string of the molecule is O=C(NC1CCCNCC1)c1cc2c(s1)CCCCC2. The number of hydrogen-bond donors (Lipinski definition) is 2. The van der Waals surface area contributed by atoms with E-state index in [1.807, 2.05) is 0 Å². The molecule has 2 heterocycles. The summed E-state index contributed by atoms with van der Waals surface area (Å²) >= 11 is 1.72. The van der Waals surface area contributed by atoms with Gasteiger partial charge in [-0.1, -0.05) is 6.42 Å². The van der Waals surface area contributed by atoms with Crippen molar-refractivity contribution < 1.29 is 4.79 Å². The maximum absolute atomic E-state index is 12.4. The van der Waals surface area contributed by atoms with Gasteiger partial charge in [0.25, 0.3) is 5.91 Å². The van der Waals surface area contributed by atoms with Crippen molar-refractivity contribution in [2.45, 2.75) is 57.4 Å². The Morgan fingerprint density at radius 2 is 2.05 bits per heavy atom. The van der Waals surface area contributed by atoms with Gasteiger partial charge in [0.05, 0.1) is 4.88 Å². The number of thiophene rings is 1. The lowest BCUT2D eigenvalue weighted by Crippen LogP contribution is -2.34. The molecule has 3 rings (SSSR count). The number of carbonyl (C=O) groups excluding carboxylic acids is 1. The average molecular weight is 292 g/mol. The minimum absolute atomic E-state index is 0.148. The van der Waals surface area contributed by atoms with Gasteiger partial charge in [-0.05, 0) is 69.7 Å². The lowest BCUT2D eigenvalue weighted by atomic mass is 10.1. The van der Waals surface area contributed by atoms with Crippen LogP contribution in [0.5, 0.6) is 0 Å². The van der Waals surface area contributed by atoms with Gasteiger partial charge < -0.3 is 10.6 Å². The van der Waals surface area contributed by atoms with E-state index in [9.17, 15) is 4.79 Å². The summed E-state index contributed by atoms with van der Waals surface area (Å²) in [6, 6.07) is 2.50. The zero-order valence-corrected chi connectivity index (χ0v) is 12.9. The van der Waals surface area contributed by atoms with E-state index in [4.69, 9.17) is 0 Å². The van der Waals surface area contributed by atoms with E-state index < -0.39 is 0 Å². The number of hydrogen-bond acceptors (Lipinski definition) is 3. The van der Waals surface area contributed by atoms with Crippen molar-refractivity contribution in [3.8, 4) is 0 Å². The third kappa shape index (κ3) is 3.41. The topological polar surface area (TPSA) is 41.1 Å². The zero-order valence-electron chi connectivity index (χ0n) is 12.0. The Hall–Kier alpha value is -0.870. The molecule has 1 aliphatic heterocycles. The van der Waals surface area contributed by atoms with Crippen LogP contribution in [0, 0.1) is 0 Å². The Bertz CT molecular complexity index is 438. The van der Waals surface area contributed by atoms with Crippen LogP contribution in [0.1, 0.15) is 58.6 Å². The standard InChI is InChI=1S/C16H24N2OS/c19-16(18-13-6-4-9-17-10-8-13)15-11-12-5-2-1-3-7-14(12)20-15/h11,13,17H,1-10H2,(H,18,19). The first kappa shape index (κ1) is 14.1. The first-order valence-corrected chi connectivity index (χ1v) is 8.78. The third-order valence-electron chi connectivity index (χ3n) is 4.38. The van der Waals surface area contributed by atoms with Crippen LogP contribution in [0.4, 0.5) is 0 Å². The predicted molar refractivity (Wildman–Crippen MR) is 83.6 cm³/mol. The Kier molecular flexibility index (Phi) is 4.73. The van der Waals surface area contributed by atoms with Crippen molar-refractivity contribution >= 4 is 17.2 Å². The first-order chi connectivity index (χ1) is 9.83. The quantitative estimate of drug-likeness (QED) is 0.823. The summed E-state index contributed by atoms with van der Waals surface area (Å²) in [6.45, 7) is 2.10. The second-order valence-corrected chi connectivity index (χ2v) is 7.11. The molecule has 1 aliphatic carbocycles. The fourth-order valence-corrected chi connectivity index (χ4v) is 4.36. The van der Waals surface area contributed by atoms with Crippen molar-refractivity contribution in [1.29, 1.82) is 0 Å². The van der Waals surface area contributed by atoms with Crippen LogP contribution in [0.3, 0.4) is 0 Å². The molecule has 2 aliphatic rings. The van der Waals surface area contributed by atoms with Crippen LogP contribution in [-0.4, -0.2) is 25.0 Å². The second kappa shape index (κ2) is 6.72. The van der Waals surface area contributed by atoms with Crippen LogP contribution in [0.15, 0.2) is 6.07 Å². The van der Waals surface area contributed by atoms with Gasteiger partial charge in [-0.25, -0.2) is 0 Å². The molecule has 0 aromatic carbocycles. The molecule has 20 heavy (non-hydrogen) atoms. The summed E-state index contributed by atoms with van der Waals surface area (Å²) in [5, 5.41) is 6.62. The van der Waals surface area contributed by atoms with Crippen LogP contribution in [0.25, 0.3) is 0 Å². The molecule has 2 N–H and O–H groups in total. The second-order valence-electron chi connectivity index (χ2n) is 5.97. The summed E-state index contributed by atoms with van der Waals surface area (Å²) in [4.78, 5) is 14.8. The average Bonchev–Trinajstić information content (AvgIpc) is 2.63. The summed E-state index contributed by atoms with van der Waals surface area (Å²) < 4.78 is 0.